The minimum atomic E-state index is 0.466. The molecule has 0 amide bonds. The highest BCUT2D eigenvalue weighted by Crippen LogP contribution is 2.67. The van der Waals surface area contributed by atoms with Gasteiger partial charge in [0.25, 0.3) is 0 Å². The summed E-state index contributed by atoms with van der Waals surface area (Å²) in [4.78, 5) is 0. The predicted molar refractivity (Wildman–Crippen MR) is 95.7 cm³/mol. The van der Waals surface area contributed by atoms with Crippen LogP contribution in [0.25, 0.3) is 0 Å². The Kier molecular flexibility index (Phi) is 3.53. The summed E-state index contributed by atoms with van der Waals surface area (Å²) in [5.74, 6) is 3.65. The summed E-state index contributed by atoms with van der Waals surface area (Å²) in [6.07, 6.45) is 14.6. The predicted octanol–water partition coefficient (Wildman–Crippen LogP) is 4.98. The molecule has 1 aliphatic heterocycles. The molecule has 5 aliphatic rings. The molecule has 5 rings (SSSR count). The van der Waals surface area contributed by atoms with Crippen LogP contribution in [0.5, 0.6) is 0 Å². The number of hydrogen-bond donors (Lipinski definition) is 0. The van der Waals surface area contributed by atoms with Crippen LogP contribution in [-0.2, 0) is 9.47 Å². The zero-order valence-corrected chi connectivity index (χ0v) is 15.7. The second-order valence-corrected chi connectivity index (χ2v) is 9.96. The quantitative estimate of drug-likeness (QED) is 0.526. The molecule has 0 spiro atoms. The van der Waals surface area contributed by atoms with Gasteiger partial charge in [-0.2, -0.15) is 0 Å². The van der Waals surface area contributed by atoms with Crippen molar-refractivity contribution >= 4 is 0 Å². The number of rotatable bonds is 2. The normalized spacial score (nSPS) is 56.0. The third kappa shape index (κ3) is 2.08. The molecule has 0 unspecified atom stereocenters. The minimum Gasteiger partial charge on any atom is -0.381 e. The summed E-state index contributed by atoms with van der Waals surface area (Å²) in [6.45, 7) is 6.26. The van der Waals surface area contributed by atoms with Gasteiger partial charge in [0.05, 0.1) is 18.8 Å². The molecule has 1 saturated heterocycles. The molecular weight excluding hydrogens is 296 g/mol. The minimum absolute atomic E-state index is 0.466. The van der Waals surface area contributed by atoms with E-state index in [2.05, 4.69) is 19.9 Å². The van der Waals surface area contributed by atoms with Gasteiger partial charge in [-0.05, 0) is 85.9 Å². The van der Waals surface area contributed by atoms with Gasteiger partial charge >= 0.3 is 0 Å². The van der Waals surface area contributed by atoms with E-state index in [0.29, 0.717) is 23.0 Å². The second kappa shape index (κ2) is 5.33. The van der Waals surface area contributed by atoms with Crippen molar-refractivity contribution in [2.24, 2.45) is 34.5 Å². The monoisotopic (exact) mass is 330 g/mol. The van der Waals surface area contributed by atoms with Gasteiger partial charge in [0.1, 0.15) is 0 Å². The maximum Gasteiger partial charge on any atom is 0.0843 e. The third-order valence-corrected chi connectivity index (χ3v) is 9.27. The number of epoxide rings is 1. The molecule has 2 nitrogen and oxygen atoms in total. The number of hydrogen-bond acceptors (Lipinski definition) is 2. The molecule has 0 bridgehead atoms. The molecular formula is C22H34O2. The summed E-state index contributed by atoms with van der Waals surface area (Å²) in [6, 6.07) is 0. The Morgan fingerprint density at radius 2 is 1.83 bits per heavy atom. The second-order valence-electron chi connectivity index (χ2n) is 9.96. The van der Waals surface area contributed by atoms with Crippen molar-refractivity contribution in [2.75, 3.05) is 13.7 Å². The Morgan fingerprint density at radius 3 is 2.58 bits per heavy atom. The van der Waals surface area contributed by atoms with E-state index in [9.17, 15) is 0 Å². The smallest absolute Gasteiger partial charge is 0.0843 e. The molecule has 4 aliphatic carbocycles. The van der Waals surface area contributed by atoms with Crippen molar-refractivity contribution < 1.29 is 9.47 Å². The van der Waals surface area contributed by atoms with Crippen molar-refractivity contribution in [3.05, 3.63) is 11.6 Å². The Labute approximate surface area is 147 Å². The summed E-state index contributed by atoms with van der Waals surface area (Å²) in [7, 11) is 1.89. The van der Waals surface area contributed by atoms with Gasteiger partial charge in [-0.3, -0.25) is 0 Å². The zero-order valence-electron chi connectivity index (χ0n) is 15.7. The highest BCUT2D eigenvalue weighted by Gasteiger charge is 2.61. The highest BCUT2D eigenvalue weighted by molar-refractivity contribution is 5.25. The van der Waals surface area contributed by atoms with Crippen LogP contribution in [0.15, 0.2) is 11.6 Å². The third-order valence-electron chi connectivity index (χ3n) is 9.27. The van der Waals surface area contributed by atoms with E-state index in [4.69, 9.17) is 9.47 Å². The van der Waals surface area contributed by atoms with E-state index >= 15 is 0 Å². The van der Waals surface area contributed by atoms with Crippen LogP contribution < -0.4 is 0 Å². The van der Waals surface area contributed by atoms with Crippen LogP contribution in [0, 0.1) is 34.5 Å². The lowest BCUT2D eigenvalue weighted by atomic mass is 9.47. The van der Waals surface area contributed by atoms with Crippen LogP contribution >= 0.6 is 0 Å². The van der Waals surface area contributed by atoms with E-state index < -0.39 is 0 Å². The molecule has 3 saturated carbocycles. The molecule has 0 aromatic carbocycles. The molecule has 1 heterocycles. The van der Waals surface area contributed by atoms with E-state index in [-0.39, 0.29) is 0 Å². The number of methoxy groups -OCH3 is 1. The van der Waals surface area contributed by atoms with Gasteiger partial charge in [0, 0.05) is 7.11 Å². The van der Waals surface area contributed by atoms with Crippen LogP contribution in [0.3, 0.4) is 0 Å². The first-order chi connectivity index (χ1) is 11.6. The van der Waals surface area contributed by atoms with E-state index in [1.54, 1.807) is 5.57 Å². The highest BCUT2D eigenvalue weighted by atomic mass is 16.6. The maximum absolute atomic E-state index is 5.75. The summed E-state index contributed by atoms with van der Waals surface area (Å²) in [5.41, 5.74) is 2.77. The molecule has 4 fully saturated rings. The molecule has 134 valence electrons. The molecule has 0 aromatic heterocycles. The van der Waals surface area contributed by atoms with E-state index in [0.717, 1.165) is 30.3 Å². The molecule has 0 N–H and O–H groups in total. The van der Waals surface area contributed by atoms with Crippen LogP contribution in [0.2, 0.25) is 0 Å². The lowest BCUT2D eigenvalue weighted by Crippen LogP contribution is -2.50. The van der Waals surface area contributed by atoms with Gasteiger partial charge in [0.2, 0.25) is 0 Å². The van der Waals surface area contributed by atoms with Gasteiger partial charge < -0.3 is 9.47 Å². The van der Waals surface area contributed by atoms with Crippen LogP contribution in [-0.4, -0.2) is 25.9 Å². The molecule has 2 heteroatoms. The van der Waals surface area contributed by atoms with Gasteiger partial charge in [-0.25, -0.2) is 0 Å². The lowest BCUT2D eigenvalue weighted by molar-refractivity contribution is -0.0559. The van der Waals surface area contributed by atoms with Gasteiger partial charge in [0.15, 0.2) is 0 Å². The van der Waals surface area contributed by atoms with Crippen LogP contribution in [0.4, 0.5) is 0 Å². The SMILES string of the molecule is CO[C@H]1CC[C@@]2(C)C(=CC[C@H]3[C@@H]4CC[C@H]([C@H]5CO5)[C@@]4(C)CC[C@@H]32)C1. The number of allylic oxidation sites excluding steroid dienone is 1. The zero-order chi connectivity index (χ0) is 16.5. The van der Waals surface area contributed by atoms with Crippen molar-refractivity contribution in [3.63, 3.8) is 0 Å². The van der Waals surface area contributed by atoms with Gasteiger partial charge in [-0.1, -0.05) is 25.5 Å². The molecule has 24 heavy (non-hydrogen) atoms. The lowest BCUT2D eigenvalue weighted by Gasteiger charge is -2.58. The van der Waals surface area contributed by atoms with Crippen molar-refractivity contribution in [2.45, 2.75) is 77.4 Å². The van der Waals surface area contributed by atoms with Gasteiger partial charge in [-0.15, -0.1) is 0 Å². The first kappa shape index (κ1) is 15.9. The molecule has 8 atom stereocenters. The summed E-state index contributed by atoms with van der Waals surface area (Å²) >= 11 is 0. The molecule has 0 aromatic rings. The van der Waals surface area contributed by atoms with E-state index in [1.807, 2.05) is 7.11 Å². The summed E-state index contributed by atoms with van der Waals surface area (Å²) < 4.78 is 11.4. The summed E-state index contributed by atoms with van der Waals surface area (Å²) in [5, 5.41) is 0. The fourth-order valence-corrected chi connectivity index (χ4v) is 7.77. The van der Waals surface area contributed by atoms with Crippen LogP contribution in [0.1, 0.15) is 65.2 Å². The Morgan fingerprint density at radius 1 is 1.04 bits per heavy atom. The number of fused-ring (bicyclic) bond motifs is 5. The van der Waals surface area contributed by atoms with Crippen molar-refractivity contribution in [3.8, 4) is 0 Å². The number of ether oxygens (including phenoxy) is 2. The average molecular weight is 331 g/mol. The van der Waals surface area contributed by atoms with Crippen molar-refractivity contribution in [1.29, 1.82) is 0 Å². The Balaban J connectivity index is 1.44. The maximum atomic E-state index is 5.75. The molecule has 0 radical (unpaired) electrons. The first-order valence-corrected chi connectivity index (χ1v) is 10.4. The fourth-order valence-electron chi connectivity index (χ4n) is 7.77. The Hall–Kier alpha value is -0.340. The standard InChI is InChI=1S/C22H34O2/c1-21-10-8-15(23-3)12-14(21)4-5-16-17-6-7-19(20-13-24-20)22(17,2)11-9-18(16)21/h4,15-20H,5-13H2,1-3H3/t15-,16-,17-,18-,19+,20+,21-,22-/m0/s1. The Bertz CT molecular complexity index is 550. The van der Waals surface area contributed by atoms with Crippen molar-refractivity contribution in [1.82, 2.24) is 0 Å². The average Bonchev–Trinajstić information content (AvgIpc) is 3.35. The topological polar surface area (TPSA) is 21.8 Å². The van der Waals surface area contributed by atoms with E-state index in [1.165, 1.54) is 51.4 Å². The fraction of sp³-hybridized carbons (Fsp3) is 0.909. The first-order valence-electron chi connectivity index (χ1n) is 10.4. The largest absolute Gasteiger partial charge is 0.381 e.